The molecule has 134 valence electrons. The molecule has 24 heavy (non-hydrogen) atoms. The van der Waals surface area contributed by atoms with Crippen LogP contribution in [-0.2, 0) is 11.2 Å². The standard InChI is InChI=1S/C16H27N5O2S/c1-4-6-13-18-16(21-20-13)24-9-14(22)19-15(23)17-12-8-5-7-10(2)11(12)3/h10-12H,4-9H2,1-3H3,(H,18,20,21)(H2,17,19,22,23)/t10-,11+,12-/m1/s1. The van der Waals surface area contributed by atoms with Gasteiger partial charge in [-0.2, -0.15) is 0 Å². The molecule has 1 saturated carbocycles. The third-order valence-corrected chi connectivity index (χ3v) is 5.45. The number of aryl methyl sites for hydroxylation is 1. The van der Waals surface area contributed by atoms with Crippen LogP contribution in [0.25, 0.3) is 0 Å². The molecule has 0 radical (unpaired) electrons. The number of hydrogen-bond acceptors (Lipinski definition) is 5. The molecular weight excluding hydrogens is 326 g/mol. The van der Waals surface area contributed by atoms with Crippen LogP contribution in [0.1, 0.15) is 52.3 Å². The molecule has 3 N–H and O–H groups in total. The van der Waals surface area contributed by atoms with Crippen molar-refractivity contribution in [2.75, 3.05) is 5.75 Å². The Hall–Kier alpha value is -1.57. The minimum Gasteiger partial charge on any atom is -0.335 e. The van der Waals surface area contributed by atoms with E-state index in [0.29, 0.717) is 17.0 Å². The Bertz CT molecular complexity index is 562. The number of imide groups is 1. The molecule has 2 rings (SSSR count). The average molecular weight is 353 g/mol. The Balaban J connectivity index is 1.72. The Kier molecular flexibility index (Phi) is 7.08. The summed E-state index contributed by atoms with van der Waals surface area (Å²) in [5.74, 6) is 1.62. The third-order valence-electron chi connectivity index (χ3n) is 4.61. The molecular formula is C16H27N5O2S. The minimum atomic E-state index is -0.409. The highest BCUT2D eigenvalue weighted by molar-refractivity contribution is 7.99. The minimum absolute atomic E-state index is 0.119. The molecule has 1 heterocycles. The first-order valence-corrected chi connectivity index (χ1v) is 9.62. The van der Waals surface area contributed by atoms with Crippen LogP contribution in [0.4, 0.5) is 4.79 Å². The summed E-state index contributed by atoms with van der Waals surface area (Å²) in [5.41, 5.74) is 0. The summed E-state index contributed by atoms with van der Waals surface area (Å²) >= 11 is 1.22. The lowest BCUT2D eigenvalue weighted by molar-refractivity contribution is -0.117. The van der Waals surface area contributed by atoms with Gasteiger partial charge in [-0.1, -0.05) is 45.4 Å². The predicted molar refractivity (Wildman–Crippen MR) is 93.7 cm³/mol. The Morgan fingerprint density at radius 2 is 2.12 bits per heavy atom. The van der Waals surface area contributed by atoms with E-state index in [2.05, 4.69) is 46.6 Å². The second-order valence-electron chi connectivity index (χ2n) is 6.50. The van der Waals surface area contributed by atoms with Crippen LogP contribution in [0.5, 0.6) is 0 Å². The number of thioether (sulfide) groups is 1. The maximum Gasteiger partial charge on any atom is 0.321 e. The van der Waals surface area contributed by atoms with E-state index in [1.165, 1.54) is 18.2 Å². The number of nitrogens with one attached hydrogen (secondary N) is 3. The first-order valence-electron chi connectivity index (χ1n) is 8.64. The lowest BCUT2D eigenvalue weighted by atomic mass is 9.78. The van der Waals surface area contributed by atoms with Gasteiger partial charge in [-0.15, -0.1) is 5.10 Å². The molecule has 7 nitrogen and oxygen atoms in total. The Labute approximate surface area is 147 Å². The van der Waals surface area contributed by atoms with Crippen LogP contribution < -0.4 is 10.6 Å². The number of aromatic nitrogens is 3. The molecule has 0 aliphatic heterocycles. The third kappa shape index (κ3) is 5.51. The van der Waals surface area contributed by atoms with Crippen molar-refractivity contribution in [2.24, 2.45) is 11.8 Å². The van der Waals surface area contributed by atoms with E-state index in [1.54, 1.807) is 0 Å². The van der Waals surface area contributed by atoms with Crippen LogP contribution in [0.15, 0.2) is 5.16 Å². The van der Waals surface area contributed by atoms with Gasteiger partial charge in [0.2, 0.25) is 11.1 Å². The summed E-state index contributed by atoms with van der Waals surface area (Å²) in [6.07, 6.45) is 5.11. The topological polar surface area (TPSA) is 99.8 Å². The fourth-order valence-electron chi connectivity index (χ4n) is 2.97. The average Bonchev–Trinajstić information content (AvgIpc) is 2.98. The number of hydrogen-bond donors (Lipinski definition) is 3. The fourth-order valence-corrected chi connectivity index (χ4v) is 3.59. The van der Waals surface area contributed by atoms with Crippen LogP contribution in [0.3, 0.4) is 0 Å². The Morgan fingerprint density at radius 1 is 1.33 bits per heavy atom. The van der Waals surface area contributed by atoms with Crippen molar-refractivity contribution in [1.29, 1.82) is 0 Å². The maximum atomic E-state index is 12.0. The van der Waals surface area contributed by atoms with Crippen molar-refractivity contribution in [3.8, 4) is 0 Å². The van der Waals surface area contributed by atoms with Gasteiger partial charge >= 0.3 is 6.03 Å². The zero-order valence-electron chi connectivity index (χ0n) is 14.6. The molecule has 0 saturated heterocycles. The lowest BCUT2D eigenvalue weighted by Gasteiger charge is -2.34. The number of carbonyl (C=O) groups excluding carboxylic acids is 2. The van der Waals surface area contributed by atoms with E-state index in [9.17, 15) is 9.59 Å². The second-order valence-corrected chi connectivity index (χ2v) is 7.44. The smallest absolute Gasteiger partial charge is 0.321 e. The van der Waals surface area contributed by atoms with Crippen molar-refractivity contribution in [2.45, 2.75) is 64.1 Å². The van der Waals surface area contributed by atoms with Gasteiger partial charge < -0.3 is 5.32 Å². The van der Waals surface area contributed by atoms with Crippen molar-refractivity contribution < 1.29 is 9.59 Å². The number of rotatable bonds is 6. The van der Waals surface area contributed by atoms with Gasteiger partial charge in [0.05, 0.1) is 5.75 Å². The highest BCUT2D eigenvalue weighted by atomic mass is 32.2. The van der Waals surface area contributed by atoms with Gasteiger partial charge in [0.15, 0.2) is 0 Å². The number of nitrogens with zero attached hydrogens (tertiary/aromatic N) is 2. The molecule has 0 unspecified atom stereocenters. The largest absolute Gasteiger partial charge is 0.335 e. The second kappa shape index (κ2) is 9.05. The van der Waals surface area contributed by atoms with Gasteiger partial charge in [0, 0.05) is 12.5 Å². The SMILES string of the molecule is CCCc1nc(SCC(=O)NC(=O)N[C@@H]2CCC[C@@H](C)[C@@H]2C)n[nH]1. The molecule has 8 heteroatoms. The summed E-state index contributed by atoms with van der Waals surface area (Å²) in [5, 5.41) is 12.7. The monoisotopic (exact) mass is 353 g/mol. The van der Waals surface area contributed by atoms with E-state index < -0.39 is 6.03 Å². The van der Waals surface area contributed by atoms with Crippen molar-refractivity contribution in [3.63, 3.8) is 0 Å². The molecule has 1 aromatic heterocycles. The molecule has 3 amide bonds. The lowest BCUT2D eigenvalue weighted by Crippen LogP contribution is -2.49. The van der Waals surface area contributed by atoms with E-state index in [-0.39, 0.29) is 17.7 Å². The highest BCUT2D eigenvalue weighted by Gasteiger charge is 2.28. The van der Waals surface area contributed by atoms with Crippen LogP contribution in [-0.4, -0.2) is 38.9 Å². The zero-order chi connectivity index (χ0) is 17.5. The maximum absolute atomic E-state index is 12.0. The zero-order valence-corrected chi connectivity index (χ0v) is 15.4. The van der Waals surface area contributed by atoms with Gasteiger partial charge in [-0.25, -0.2) is 9.78 Å². The summed E-state index contributed by atoms with van der Waals surface area (Å²) in [6.45, 7) is 6.43. The van der Waals surface area contributed by atoms with Crippen LogP contribution in [0.2, 0.25) is 0 Å². The molecule has 0 bridgehead atoms. The van der Waals surface area contributed by atoms with Gasteiger partial charge in [-0.3, -0.25) is 15.2 Å². The molecule has 0 aromatic carbocycles. The van der Waals surface area contributed by atoms with E-state index in [0.717, 1.165) is 31.5 Å². The number of amides is 3. The van der Waals surface area contributed by atoms with Crippen molar-refractivity contribution >= 4 is 23.7 Å². The van der Waals surface area contributed by atoms with Gasteiger partial charge in [0.1, 0.15) is 5.82 Å². The number of urea groups is 1. The number of carbonyl (C=O) groups is 2. The predicted octanol–water partition coefficient (Wildman–Crippen LogP) is 2.50. The first kappa shape index (κ1) is 18.8. The summed E-state index contributed by atoms with van der Waals surface area (Å²) in [7, 11) is 0. The van der Waals surface area contributed by atoms with Crippen LogP contribution in [0, 0.1) is 11.8 Å². The van der Waals surface area contributed by atoms with E-state index in [1.807, 2.05) is 0 Å². The van der Waals surface area contributed by atoms with Crippen molar-refractivity contribution in [3.05, 3.63) is 5.82 Å². The summed E-state index contributed by atoms with van der Waals surface area (Å²) in [6, 6.07) is -0.271. The van der Waals surface area contributed by atoms with Gasteiger partial charge in [-0.05, 0) is 24.7 Å². The molecule has 3 atom stereocenters. The van der Waals surface area contributed by atoms with E-state index >= 15 is 0 Å². The number of aromatic amines is 1. The van der Waals surface area contributed by atoms with E-state index in [4.69, 9.17) is 0 Å². The van der Waals surface area contributed by atoms with Crippen molar-refractivity contribution in [1.82, 2.24) is 25.8 Å². The fraction of sp³-hybridized carbons (Fsp3) is 0.750. The number of H-pyrrole nitrogens is 1. The van der Waals surface area contributed by atoms with Crippen LogP contribution >= 0.6 is 11.8 Å². The molecule has 1 aliphatic rings. The summed E-state index contributed by atoms with van der Waals surface area (Å²) < 4.78 is 0. The molecule has 1 aromatic rings. The summed E-state index contributed by atoms with van der Waals surface area (Å²) in [4.78, 5) is 28.2. The quantitative estimate of drug-likeness (QED) is 0.682. The normalized spacial score (nSPS) is 23.7. The van der Waals surface area contributed by atoms with Gasteiger partial charge in [0.25, 0.3) is 0 Å². The molecule has 1 aliphatic carbocycles. The molecule has 1 fully saturated rings. The Morgan fingerprint density at radius 3 is 2.88 bits per heavy atom. The first-order chi connectivity index (χ1) is 11.5. The highest BCUT2D eigenvalue weighted by Crippen LogP contribution is 2.29. The molecule has 0 spiro atoms.